The van der Waals surface area contributed by atoms with Crippen LogP contribution in [0.15, 0.2) is 41.3 Å². The van der Waals surface area contributed by atoms with Gasteiger partial charge in [0.2, 0.25) is 0 Å². The zero-order chi connectivity index (χ0) is 15.6. The molecule has 108 valence electrons. The molecule has 0 aliphatic rings. The Morgan fingerprint density at radius 2 is 1.95 bits per heavy atom. The Balaban J connectivity index is 2.92. The summed E-state index contributed by atoms with van der Waals surface area (Å²) < 4.78 is 1.40. The quantitative estimate of drug-likeness (QED) is 0.685. The molecular weight excluding hydrogens is 276 g/mol. The van der Waals surface area contributed by atoms with Crippen LogP contribution in [0, 0.1) is 10.1 Å². The summed E-state index contributed by atoms with van der Waals surface area (Å²) in [6, 6.07) is 8.39. The lowest BCUT2D eigenvalue weighted by Crippen LogP contribution is -2.22. The van der Waals surface area contributed by atoms with Gasteiger partial charge in [-0.1, -0.05) is 30.3 Å². The highest BCUT2D eigenvalue weighted by Crippen LogP contribution is 2.27. The molecule has 1 aromatic heterocycles. The van der Waals surface area contributed by atoms with Crippen molar-refractivity contribution in [1.29, 1.82) is 0 Å². The van der Waals surface area contributed by atoms with Gasteiger partial charge in [-0.15, -0.1) is 0 Å². The molecule has 1 N–H and O–H groups in total. The van der Waals surface area contributed by atoms with Crippen molar-refractivity contribution in [3.05, 3.63) is 62.4 Å². The molecule has 0 amide bonds. The monoisotopic (exact) mass is 288 g/mol. The highest BCUT2D eigenvalue weighted by atomic mass is 16.6. The average Bonchev–Trinajstić information content (AvgIpc) is 2.46. The molecule has 2 aromatic rings. The lowest BCUT2D eigenvalue weighted by atomic mass is 10.1. The molecule has 0 fully saturated rings. The minimum Gasteiger partial charge on any atom is -0.477 e. The van der Waals surface area contributed by atoms with Gasteiger partial charge in [0.05, 0.1) is 4.92 Å². The fraction of sp³-hybridized carbons (Fsp3) is 0.143. The summed E-state index contributed by atoms with van der Waals surface area (Å²) in [5, 5.41) is 20.3. The Hall–Kier alpha value is -2.96. The number of hydrogen-bond acceptors (Lipinski definition) is 4. The van der Waals surface area contributed by atoms with Gasteiger partial charge in [0.1, 0.15) is 11.3 Å². The molecule has 0 aliphatic carbocycles. The minimum absolute atomic E-state index is 0.109. The number of carbonyl (C=O) groups is 1. The SMILES string of the molecule is CCn1cc(C(=O)O)c(=O)c([N+](=O)[O-])c1-c1ccccc1. The molecule has 0 saturated heterocycles. The van der Waals surface area contributed by atoms with Crippen LogP contribution in [0.5, 0.6) is 0 Å². The molecule has 0 bridgehead atoms. The number of nitro groups is 1. The second-order valence-corrected chi connectivity index (χ2v) is 4.28. The first kappa shape index (κ1) is 14.4. The molecule has 7 heteroatoms. The zero-order valence-electron chi connectivity index (χ0n) is 11.1. The van der Waals surface area contributed by atoms with Crippen LogP contribution in [0.1, 0.15) is 17.3 Å². The van der Waals surface area contributed by atoms with Gasteiger partial charge in [-0.2, -0.15) is 0 Å². The summed E-state index contributed by atoms with van der Waals surface area (Å²) >= 11 is 0. The van der Waals surface area contributed by atoms with E-state index < -0.39 is 27.6 Å². The summed E-state index contributed by atoms with van der Waals surface area (Å²) in [7, 11) is 0. The van der Waals surface area contributed by atoms with Crippen molar-refractivity contribution in [3.63, 3.8) is 0 Å². The van der Waals surface area contributed by atoms with Crippen LogP contribution >= 0.6 is 0 Å². The molecule has 0 aliphatic heterocycles. The summed E-state index contributed by atoms with van der Waals surface area (Å²) in [4.78, 5) is 33.6. The Morgan fingerprint density at radius 1 is 1.33 bits per heavy atom. The van der Waals surface area contributed by atoms with Gasteiger partial charge in [0, 0.05) is 18.3 Å². The Bertz CT molecular complexity index is 765. The number of carboxylic acids is 1. The van der Waals surface area contributed by atoms with E-state index in [9.17, 15) is 19.7 Å². The first-order chi connectivity index (χ1) is 9.97. The van der Waals surface area contributed by atoms with E-state index in [-0.39, 0.29) is 5.69 Å². The molecule has 1 aromatic carbocycles. The van der Waals surface area contributed by atoms with Crippen LogP contribution in [0.4, 0.5) is 5.69 Å². The maximum absolute atomic E-state index is 12.1. The molecule has 2 rings (SSSR count). The van der Waals surface area contributed by atoms with Gasteiger partial charge in [0.15, 0.2) is 0 Å². The summed E-state index contributed by atoms with van der Waals surface area (Å²) in [5.74, 6) is -1.48. The molecule has 0 saturated carbocycles. The van der Waals surface area contributed by atoms with Gasteiger partial charge in [-0.05, 0) is 6.92 Å². The summed E-state index contributed by atoms with van der Waals surface area (Å²) in [5.41, 5.74) is -1.82. The van der Waals surface area contributed by atoms with E-state index in [4.69, 9.17) is 5.11 Å². The fourth-order valence-corrected chi connectivity index (χ4v) is 2.12. The van der Waals surface area contributed by atoms with Gasteiger partial charge in [0.25, 0.3) is 5.43 Å². The molecular formula is C14H12N2O5. The van der Waals surface area contributed by atoms with E-state index in [1.165, 1.54) is 4.57 Å². The number of pyridine rings is 1. The van der Waals surface area contributed by atoms with Gasteiger partial charge >= 0.3 is 11.7 Å². The number of rotatable bonds is 4. The lowest BCUT2D eigenvalue weighted by molar-refractivity contribution is -0.385. The highest BCUT2D eigenvalue weighted by molar-refractivity contribution is 5.89. The topological polar surface area (TPSA) is 102 Å². The standard InChI is InChI=1S/C14H12N2O5/c1-2-15-8-10(14(18)19)13(17)12(16(20)21)11(15)9-6-4-3-5-7-9/h3-8H,2H2,1H3,(H,18,19). The molecule has 7 nitrogen and oxygen atoms in total. The number of benzene rings is 1. The van der Waals surface area contributed by atoms with Crippen molar-refractivity contribution < 1.29 is 14.8 Å². The maximum Gasteiger partial charge on any atom is 0.341 e. The van der Waals surface area contributed by atoms with Crippen LogP contribution < -0.4 is 5.43 Å². The second-order valence-electron chi connectivity index (χ2n) is 4.28. The third-order valence-corrected chi connectivity index (χ3v) is 3.06. The molecule has 0 atom stereocenters. The predicted octanol–water partition coefficient (Wildman–Crippen LogP) is 2.14. The summed E-state index contributed by atoms with van der Waals surface area (Å²) in [6.07, 6.45) is 1.14. The normalized spacial score (nSPS) is 10.3. The fourth-order valence-electron chi connectivity index (χ4n) is 2.12. The molecule has 1 heterocycles. The third-order valence-electron chi connectivity index (χ3n) is 3.06. The van der Waals surface area contributed by atoms with Gasteiger partial charge in [-0.3, -0.25) is 14.9 Å². The molecule has 0 radical (unpaired) electrons. The van der Waals surface area contributed by atoms with E-state index in [0.717, 1.165) is 6.20 Å². The van der Waals surface area contributed by atoms with Crippen LogP contribution in [-0.4, -0.2) is 20.6 Å². The number of hydrogen-bond donors (Lipinski definition) is 1. The van der Waals surface area contributed by atoms with Crippen molar-refractivity contribution in [2.75, 3.05) is 0 Å². The van der Waals surface area contributed by atoms with E-state index in [1.54, 1.807) is 37.3 Å². The van der Waals surface area contributed by atoms with Gasteiger partial charge in [-0.25, -0.2) is 4.79 Å². The number of aromatic nitrogens is 1. The Morgan fingerprint density at radius 3 is 2.43 bits per heavy atom. The zero-order valence-corrected chi connectivity index (χ0v) is 11.1. The summed E-state index contributed by atoms with van der Waals surface area (Å²) in [6.45, 7) is 2.01. The van der Waals surface area contributed by atoms with Crippen LogP contribution in [0.3, 0.4) is 0 Å². The molecule has 21 heavy (non-hydrogen) atoms. The van der Waals surface area contributed by atoms with Crippen molar-refractivity contribution in [2.45, 2.75) is 13.5 Å². The minimum atomic E-state index is -1.48. The third kappa shape index (κ3) is 2.53. The van der Waals surface area contributed by atoms with Crippen LogP contribution in [0.25, 0.3) is 11.3 Å². The van der Waals surface area contributed by atoms with Gasteiger partial charge < -0.3 is 9.67 Å². The Kier molecular flexibility index (Phi) is 3.84. The Labute approximate surface area is 119 Å². The van der Waals surface area contributed by atoms with Crippen molar-refractivity contribution in [1.82, 2.24) is 4.57 Å². The van der Waals surface area contributed by atoms with E-state index >= 15 is 0 Å². The van der Waals surface area contributed by atoms with Crippen molar-refractivity contribution in [2.24, 2.45) is 0 Å². The predicted molar refractivity (Wildman–Crippen MR) is 75.4 cm³/mol. The van der Waals surface area contributed by atoms with Crippen LogP contribution in [-0.2, 0) is 6.54 Å². The first-order valence-electron chi connectivity index (χ1n) is 6.18. The number of nitrogens with zero attached hydrogens (tertiary/aromatic N) is 2. The smallest absolute Gasteiger partial charge is 0.341 e. The number of aryl methyl sites for hydroxylation is 1. The van der Waals surface area contributed by atoms with Crippen molar-refractivity contribution >= 4 is 11.7 Å². The average molecular weight is 288 g/mol. The van der Waals surface area contributed by atoms with Crippen molar-refractivity contribution in [3.8, 4) is 11.3 Å². The van der Waals surface area contributed by atoms with E-state index in [2.05, 4.69) is 0 Å². The van der Waals surface area contributed by atoms with E-state index in [1.807, 2.05) is 0 Å². The first-order valence-corrected chi connectivity index (χ1v) is 6.18. The van der Waals surface area contributed by atoms with E-state index in [0.29, 0.717) is 12.1 Å². The molecule has 0 unspecified atom stereocenters. The highest BCUT2D eigenvalue weighted by Gasteiger charge is 2.28. The maximum atomic E-state index is 12.1. The van der Waals surface area contributed by atoms with Crippen LogP contribution in [0.2, 0.25) is 0 Å². The molecule has 0 spiro atoms. The largest absolute Gasteiger partial charge is 0.477 e. The lowest BCUT2D eigenvalue weighted by Gasteiger charge is -2.13. The number of aromatic carboxylic acids is 1. The second kappa shape index (κ2) is 5.58. The number of carboxylic acid groups (broad SMARTS) is 1.